The van der Waals surface area contributed by atoms with Crippen LogP contribution < -0.4 is 10.1 Å². The predicted molar refractivity (Wildman–Crippen MR) is 98.5 cm³/mol. The minimum Gasteiger partial charge on any atom is -0.481 e. The number of amides is 1. The Morgan fingerprint density at radius 3 is 2.62 bits per heavy atom. The number of rotatable bonds is 7. The highest BCUT2D eigenvalue weighted by molar-refractivity contribution is 5.80. The van der Waals surface area contributed by atoms with E-state index in [4.69, 9.17) is 4.74 Å². The summed E-state index contributed by atoms with van der Waals surface area (Å²) in [5, 5.41) is 2.96. The molecule has 24 heavy (non-hydrogen) atoms. The number of aryl methyl sites for hydroxylation is 3. The van der Waals surface area contributed by atoms with Crippen molar-refractivity contribution in [2.75, 3.05) is 6.54 Å². The highest BCUT2D eigenvalue weighted by Gasteiger charge is 2.15. The van der Waals surface area contributed by atoms with Gasteiger partial charge in [-0.3, -0.25) is 4.79 Å². The Hall–Kier alpha value is -2.29. The zero-order valence-electron chi connectivity index (χ0n) is 15.1. The van der Waals surface area contributed by atoms with Gasteiger partial charge < -0.3 is 10.1 Å². The maximum absolute atomic E-state index is 12.2. The number of carbonyl (C=O) groups is 1. The van der Waals surface area contributed by atoms with Gasteiger partial charge in [-0.1, -0.05) is 42.0 Å². The lowest BCUT2D eigenvalue weighted by Crippen LogP contribution is -2.37. The summed E-state index contributed by atoms with van der Waals surface area (Å²) in [6.45, 7) is 8.60. The standard InChI is InChI=1S/C21H27NO2/c1-15-8-5-10-19(14-15)11-7-13-22-21(23)18(4)24-20-12-6-9-16(2)17(20)3/h5-6,8-10,12,14,18H,7,11,13H2,1-4H3,(H,22,23)/t18-/m1/s1. The molecule has 0 bridgehead atoms. The highest BCUT2D eigenvalue weighted by atomic mass is 16.5. The van der Waals surface area contributed by atoms with E-state index in [-0.39, 0.29) is 5.91 Å². The first-order valence-electron chi connectivity index (χ1n) is 8.53. The molecule has 3 heteroatoms. The smallest absolute Gasteiger partial charge is 0.260 e. The van der Waals surface area contributed by atoms with Gasteiger partial charge in [-0.05, 0) is 63.3 Å². The fourth-order valence-corrected chi connectivity index (χ4v) is 2.61. The Bertz CT molecular complexity index is 694. The summed E-state index contributed by atoms with van der Waals surface area (Å²) in [5.41, 5.74) is 4.82. The zero-order valence-corrected chi connectivity index (χ0v) is 15.1. The van der Waals surface area contributed by atoms with Crippen molar-refractivity contribution in [1.82, 2.24) is 5.32 Å². The Kier molecular flexibility index (Phi) is 6.42. The largest absolute Gasteiger partial charge is 0.481 e. The Labute approximate surface area is 145 Å². The second kappa shape index (κ2) is 8.53. The van der Waals surface area contributed by atoms with Crippen LogP contribution in [0.4, 0.5) is 0 Å². The molecule has 0 aliphatic carbocycles. The van der Waals surface area contributed by atoms with E-state index in [1.54, 1.807) is 6.92 Å². The first-order chi connectivity index (χ1) is 11.5. The molecule has 2 rings (SSSR count). The van der Waals surface area contributed by atoms with Crippen LogP contribution in [0, 0.1) is 20.8 Å². The van der Waals surface area contributed by atoms with Crippen molar-refractivity contribution in [3.8, 4) is 5.75 Å². The van der Waals surface area contributed by atoms with Gasteiger partial charge in [0.1, 0.15) is 5.75 Å². The lowest BCUT2D eigenvalue weighted by atomic mass is 10.1. The van der Waals surface area contributed by atoms with Crippen LogP contribution in [-0.4, -0.2) is 18.6 Å². The quantitative estimate of drug-likeness (QED) is 0.777. The van der Waals surface area contributed by atoms with Gasteiger partial charge in [0.25, 0.3) is 5.91 Å². The van der Waals surface area contributed by atoms with Crippen molar-refractivity contribution in [3.63, 3.8) is 0 Å². The van der Waals surface area contributed by atoms with E-state index in [2.05, 4.69) is 36.5 Å². The molecule has 0 unspecified atom stereocenters. The fraction of sp³-hybridized carbons (Fsp3) is 0.381. The molecule has 128 valence electrons. The van der Waals surface area contributed by atoms with E-state index in [0.717, 1.165) is 24.2 Å². The lowest BCUT2D eigenvalue weighted by molar-refractivity contribution is -0.127. The summed E-state index contributed by atoms with van der Waals surface area (Å²) >= 11 is 0. The van der Waals surface area contributed by atoms with Gasteiger partial charge in [0, 0.05) is 6.54 Å². The van der Waals surface area contributed by atoms with Crippen LogP contribution in [0.15, 0.2) is 42.5 Å². The predicted octanol–water partition coefficient (Wildman–Crippen LogP) is 4.13. The highest BCUT2D eigenvalue weighted by Crippen LogP contribution is 2.21. The molecule has 0 aliphatic rings. The zero-order chi connectivity index (χ0) is 17.5. The monoisotopic (exact) mass is 325 g/mol. The second-order valence-electron chi connectivity index (χ2n) is 6.34. The number of carbonyl (C=O) groups excluding carboxylic acids is 1. The summed E-state index contributed by atoms with van der Waals surface area (Å²) in [6, 6.07) is 14.4. The molecule has 0 aliphatic heterocycles. The van der Waals surface area contributed by atoms with E-state index < -0.39 is 6.10 Å². The third-order valence-corrected chi connectivity index (χ3v) is 4.25. The molecule has 1 atom stereocenters. The molecule has 1 N–H and O–H groups in total. The molecule has 1 amide bonds. The molecule has 0 saturated carbocycles. The van der Waals surface area contributed by atoms with E-state index in [9.17, 15) is 4.79 Å². The summed E-state index contributed by atoms with van der Waals surface area (Å²) in [6.07, 6.45) is 1.39. The summed E-state index contributed by atoms with van der Waals surface area (Å²) in [7, 11) is 0. The van der Waals surface area contributed by atoms with Gasteiger partial charge in [-0.2, -0.15) is 0 Å². The van der Waals surface area contributed by atoms with Crippen molar-refractivity contribution in [1.29, 1.82) is 0 Å². The van der Waals surface area contributed by atoms with Crippen LogP contribution in [0.3, 0.4) is 0 Å². The van der Waals surface area contributed by atoms with Crippen LogP contribution in [0.2, 0.25) is 0 Å². The molecule has 0 aromatic heterocycles. The lowest BCUT2D eigenvalue weighted by Gasteiger charge is -2.17. The summed E-state index contributed by atoms with van der Waals surface area (Å²) in [5.74, 6) is 0.706. The minimum atomic E-state index is -0.496. The fourth-order valence-electron chi connectivity index (χ4n) is 2.61. The molecular formula is C21H27NO2. The van der Waals surface area contributed by atoms with Crippen molar-refractivity contribution < 1.29 is 9.53 Å². The molecule has 0 fully saturated rings. The normalized spacial score (nSPS) is 11.8. The van der Waals surface area contributed by atoms with E-state index in [1.807, 2.05) is 32.0 Å². The summed E-state index contributed by atoms with van der Waals surface area (Å²) in [4.78, 5) is 12.2. The number of benzene rings is 2. The molecule has 0 radical (unpaired) electrons. The number of ether oxygens (including phenoxy) is 1. The molecule has 3 nitrogen and oxygen atoms in total. The van der Waals surface area contributed by atoms with E-state index >= 15 is 0 Å². The van der Waals surface area contributed by atoms with Crippen molar-refractivity contribution >= 4 is 5.91 Å². The van der Waals surface area contributed by atoms with Gasteiger partial charge >= 0.3 is 0 Å². The van der Waals surface area contributed by atoms with Crippen molar-refractivity contribution in [2.45, 2.75) is 46.6 Å². The Balaban J connectivity index is 1.76. The average Bonchev–Trinajstić information content (AvgIpc) is 2.55. The molecule has 0 heterocycles. The molecule has 2 aromatic rings. The number of hydrogen-bond donors (Lipinski definition) is 1. The Morgan fingerprint density at radius 2 is 1.88 bits per heavy atom. The number of hydrogen-bond acceptors (Lipinski definition) is 2. The first-order valence-corrected chi connectivity index (χ1v) is 8.53. The number of nitrogens with one attached hydrogen (secondary N) is 1. The third kappa shape index (κ3) is 5.12. The minimum absolute atomic E-state index is 0.0693. The second-order valence-corrected chi connectivity index (χ2v) is 6.34. The summed E-state index contributed by atoms with van der Waals surface area (Å²) < 4.78 is 5.81. The molecule has 2 aromatic carbocycles. The maximum atomic E-state index is 12.2. The Morgan fingerprint density at radius 1 is 1.12 bits per heavy atom. The molecular weight excluding hydrogens is 298 g/mol. The van der Waals surface area contributed by atoms with Crippen molar-refractivity contribution in [2.24, 2.45) is 0 Å². The molecule has 0 saturated heterocycles. The van der Waals surface area contributed by atoms with Gasteiger partial charge in [-0.15, -0.1) is 0 Å². The van der Waals surface area contributed by atoms with E-state index in [0.29, 0.717) is 6.54 Å². The van der Waals surface area contributed by atoms with Gasteiger partial charge in [0.15, 0.2) is 6.10 Å². The van der Waals surface area contributed by atoms with Gasteiger partial charge in [-0.25, -0.2) is 0 Å². The third-order valence-electron chi connectivity index (χ3n) is 4.25. The molecule has 0 spiro atoms. The SMILES string of the molecule is Cc1cccc(CCCNC(=O)[C@@H](C)Oc2cccc(C)c2C)c1. The van der Waals surface area contributed by atoms with Crippen LogP contribution in [0.1, 0.15) is 35.6 Å². The van der Waals surface area contributed by atoms with Gasteiger partial charge in [0.2, 0.25) is 0 Å². The van der Waals surface area contributed by atoms with Crippen molar-refractivity contribution in [3.05, 3.63) is 64.7 Å². The van der Waals surface area contributed by atoms with Gasteiger partial charge in [0.05, 0.1) is 0 Å². The topological polar surface area (TPSA) is 38.3 Å². The van der Waals surface area contributed by atoms with Crippen LogP contribution in [0.5, 0.6) is 5.75 Å². The van der Waals surface area contributed by atoms with E-state index in [1.165, 1.54) is 16.7 Å². The average molecular weight is 325 g/mol. The maximum Gasteiger partial charge on any atom is 0.260 e. The van der Waals surface area contributed by atoms with Crippen LogP contribution in [0.25, 0.3) is 0 Å². The van der Waals surface area contributed by atoms with Crippen LogP contribution in [-0.2, 0) is 11.2 Å². The first kappa shape index (κ1) is 18.1. The van der Waals surface area contributed by atoms with Crippen LogP contribution >= 0.6 is 0 Å².